The van der Waals surface area contributed by atoms with Gasteiger partial charge in [0.05, 0.1) is 10.6 Å². The van der Waals surface area contributed by atoms with E-state index < -0.39 is 46.1 Å². The van der Waals surface area contributed by atoms with Crippen molar-refractivity contribution in [3.05, 3.63) is 95.6 Å². The Balaban J connectivity index is 1.69. The number of aryl methyl sites for hydroxylation is 1. The highest BCUT2D eigenvalue weighted by Gasteiger charge is 2.33. The third-order valence-corrected chi connectivity index (χ3v) is 8.96. The Morgan fingerprint density at radius 1 is 0.950 bits per heavy atom. The zero-order chi connectivity index (χ0) is 28.9. The van der Waals surface area contributed by atoms with Crippen molar-refractivity contribution in [2.24, 2.45) is 0 Å². The van der Waals surface area contributed by atoms with Crippen LogP contribution in [0, 0.1) is 18.6 Å². The number of nitrogens with zero attached hydrogens (tertiary/aromatic N) is 2. The summed E-state index contributed by atoms with van der Waals surface area (Å²) >= 11 is 0. The summed E-state index contributed by atoms with van der Waals surface area (Å²) in [5.74, 6) is -2.23. The van der Waals surface area contributed by atoms with E-state index in [2.05, 4.69) is 5.32 Å². The highest BCUT2D eigenvalue weighted by Crippen LogP contribution is 2.26. The second-order valence-corrected chi connectivity index (χ2v) is 11.9. The van der Waals surface area contributed by atoms with E-state index in [1.165, 1.54) is 47.4 Å². The van der Waals surface area contributed by atoms with Crippen LogP contribution in [0.2, 0.25) is 0 Å². The first-order valence-electron chi connectivity index (χ1n) is 13.2. The fourth-order valence-corrected chi connectivity index (χ4v) is 6.17. The SMILES string of the molecule is Cc1ccc(S(=O)(=O)N(CC(=O)N(Cc2ccccc2F)[C@@H](C)C(=O)NC2CCCC2)c2ccc(F)cc2)cc1. The predicted octanol–water partition coefficient (Wildman–Crippen LogP) is 4.94. The molecule has 1 fully saturated rings. The van der Waals surface area contributed by atoms with Gasteiger partial charge in [-0.2, -0.15) is 0 Å². The van der Waals surface area contributed by atoms with Crippen LogP contribution in [-0.2, 0) is 26.2 Å². The molecule has 1 saturated carbocycles. The van der Waals surface area contributed by atoms with Gasteiger partial charge < -0.3 is 10.2 Å². The molecule has 40 heavy (non-hydrogen) atoms. The quantitative estimate of drug-likeness (QED) is 0.375. The number of carbonyl (C=O) groups is 2. The van der Waals surface area contributed by atoms with E-state index in [4.69, 9.17) is 0 Å². The Bertz CT molecular complexity index is 1440. The molecule has 10 heteroatoms. The van der Waals surface area contributed by atoms with E-state index in [1.807, 2.05) is 6.92 Å². The summed E-state index contributed by atoms with van der Waals surface area (Å²) in [6.45, 7) is 2.43. The van der Waals surface area contributed by atoms with Gasteiger partial charge in [-0.25, -0.2) is 17.2 Å². The summed E-state index contributed by atoms with van der Waals surface area (Å²) in [6.07, 6.45) is 3.68. The Labute approximate surface area is 233 Å². The van der Waals surface area contributed by atoms with Gasteiger partial charge in [-0.15, -0.1) is 0 Å². The average molecular weight is 570 g/mol. The van der Waals surface area contributed by atoms with Crippen LogP contribution in [0.1, 0.15) is 43.7 Å². The molecule has 0 radical (unpaired) electrons. The molecular weight excluding hydrogens is 536 g/mol. The molecule has 0 bridgehead atoms. The first-order valence-corrected chi connectivity index (χ1v) is 14.7. The van der Waals surface area contributed by atoms with E-state index in [-0.39, 0.29) is 28.7 Å². The van der Waals surface area contributed by atoms with Crippen LogP contribution in [0.5, 0.6) is 0 Å². The lowest BCUT2D eigenvalue weighted by Gasteiger charge is -2.32. The van der Waals surface area contributed by atoms with Crippen molar-refractivity contribution in [3.8, 4) is 0 Å². The Kier molecular flexibility index (Phi) is 9.19. The van der Waals surface area contributed by atoms with Crippen LogP contribution in [-0.4, -0.2) is 43.8 Å². The van der Waals surface area contributed by atoms with Crippen LogP contribution in [0.3, 0.4) is 0 Å². The number of hydrogen-bond acceptors (Lipinski definition) is 4. The van der Waals surface area contributed by atoms with Crippen molar-refractivity contribution in [2.75, 3.05) is 10.8 Å². The van der Waals surface area contributed by atoms with Gasteiger partial charge in [-0.1, -0.05) is 48.7 Å². The molecule has 1 atom stereocenters. The van der Waals surface area contributed by atoms with E-state index in [1.54, 1.807) is 25.1 Å². The Hall–Kier alpha value is -3.79. The van der Waals surface area contributed by atoms with E-state index in [0.29, 0.717) is 0 Å². The number of nitrogens with one attached hydrogen (secondary N) is 1. The molecule has 3 aromatic rings. The molecular formula is C30H33F2N3O4S. The van der Waals surface area contributed by atoms with Gasteiger partial charge in [-0.05, 0) is 69.2 Å². The summed E-state index contributed by atoms with van der Waals surface area (Å²) in [7, 11) is -4.27. The molecule has 1 N–H and O–H groups in total. The molecule has 0 aromatic heterocycles. The van der Waals surface area contributed by atoms with Gasteiger partial charge in [0.15, 0.2) is 0 Å². The van der Waals surface area contributed by atoms with Crippen LogP contribution in [0.15, 0.2) is 77.7 Å². The number of amides is 2. The predicted molar refractivity (Wildman–Crippen MR) is 149 cm³/mol. The number of benzene rings is 3. The van der Waals surface area contributed by atoms with Crippen molar-refractivity contribution >= 4 is 27.5 Å². The van der Waals surface area contributed by atoms with Crippen molar-refractivity contribution < 1.29 is 26.8 Å². The smallest absolute Gasteiger partial charge is 0.264 e. The van der Waals surface area contributed by atoms with Crippen molar-refractivity contribution in [2.45, 2.75) is 63.1 Å². The molecule has 212 valence electrons. The molecule has 0 heterocycles. The van der Waals surface area contributed by atoms with E-state index >= 15 is 0 Å². The van der Waals surface area contributed by atoms with E-state index in [9.17, 15) is 26.8 Å². The standard InChI is InChI=1S/C30H33F2N3O4S/c1-21-11-17-27(18-12-21)40(38,39)35(26-15-13-24(31)14-16-26)20-29(36)34(19-23-7-3-6-10-28(23)32)22(2)30(37)33-25-8-4-5-9-25/h3,6-7,10-18,22,25H,4-5,8-9,19-20H2,1-2H3,(H,33,37)/t22-/m0/s1. The molecule has 3 aromatic carbocycles. The highest BCUT2D eigenvalue weighted by molar-refractivity contribution is 7.92. The number of halogens is 2. The van der Waals surface area contributed by atoms with Gasteiger partial charge >= 0.3 is 0 Å². The lowest BCUT2D eigenvalue weighted by molar-refractivity contribution is -0.139. The molecule has 0 aliphatic heterocycles. The van der Waals surface area contributed by atoms with Crippen LogP contribution < -0.4 is 9.62 Å². The highest BCUT2D eigenvalue weighted by atomic mass is 32.2. The maximum atomic E-state index is 14.6. The van der Waals surface area contributed by atoms with Crippen LogP contribution in [0.25, 0.3) is 0 Å². The summed E-state index contributed by atoms with van der Waals surface area (Å²) < 4.78 is 56.8. The van der Waals surface area contributed by atoms with E-state index in [0.717, 1.165) is 47.7 Å². The molecule has 1 aliphatic rings. The monoisotopic (exact) mass is 569 g/mol. The fraction of sp³-hybridized carbons (Fsp3) is 0.333. The van der Waals surface area contributed by atoms with Crippen molar-refractivity contribution in [1.29, 1.82) is 0 Å². The zero-order valence-corrected chi connectivity index (χ0v) is 23.3. The minimum Gasteiger partial charge on any atom is -0.352 e. The lowest BCUT2D eigenvalue weighted by atomic mass is 10.1. The van der Waals surface area contributed by atoms with Gasteiger partial charge in [-0.3, -0.25) is 13.9 Å². The average Bonchev–Trinajstić information content (AvgIpc) is 3.44. The maximum absolute atomic E-state index is 14.6. The largest absolute Gasteiger partial charge is 0.352 e. The third-order valence-electron chi connectivity index (χ3n) is 7.17. The molecule has 1 aliphatic carbocycles. The molecule has 7 nitrogen and oxygen atoms in total. The summed E-state index contributed by atoms with van der Waals surface area (Å²) in [5.41, 5.74) is 1.11. The second kappa shape index (κ2) is 12.6. The lowest BCUT2D eigenvalue weighted by Crippen LogP contribution is -2.52. The zero-order valence-electron chi connectivity index (χ0n) is 22.5. The number of rotatable bonds is 10. The molecule has 0 saturated heterocycles. The first-order chi connectivity index (χ1) is 19.1. The minimum atomic E-state index is -4.27. The number of hydrogen-bond donors (Lipinski definition) is 1. The molecule has 0 unspecified atom stereocenters. The Morgan fingerprint density at radius 2 is 1.57 bits per heavy atom. The number of carbonyl (C=O) groups excluding carboxylic acids is 2. The van der Waals surface area contributed by atoms with Crippen LogP contribution in [0.4, 0.5) is 14.5 Å². The summed E-state index contributed by atoms with van der Waals surface area (Å²) in [4.78, 5) is 28.2. The number of anilines is 1. The topological polar surface area (TPSA) is 86.8 Å². The summed E-state index contributed by atoms with van der Waals surface area (Å²) in [5, 5.41) is 2.97. The van der Waals surface area contributed by atoms with Crippen molar-refractivity contribution in [1.82, 2.24) is 10.2 Å². The minimum absolute atomic E-state index is 0.00186. The summed E-state index contributed by atoms with van der Waals surface area (Å²) in [6, 6.07) is 15.8. The van der Waals surface area contributed by atoms with Gasteiger partial charge in [0, 0.05) is 18.2 Å². The molecule has 4 rings (SSSR count). The molecule has 0 spiro atoms. The Morgan fingerprint density at radius 3 is 2.20 bits per heavy atom. The normalized spacial score (nSPS) is 14.5. The van der Waals surface area contributed by atoms with Gasteiger partial charge in [0.1, 0.15) is 24.2 Å². The third kappa shape index (κ3) is 6.85. The van der Waals surface area contributed by atoms with Crippen LogP contribution >= 0.6 is 0 Å². The second-order valence-electron chi connectivity index (χ2n) is 10.1. The fourth-order valence-electron chi connectivity index (χ4n) is 4.76. The molecule has 2 amide bonds. The first kappa shape index (κ1) is 29.2. The number of sulfonamides is 1. The van der Waals surface area contributed by atoms with Gasteiger partial charge in [0.25, 0.3) is 10.0 Å². The maximum Gasteiger partial charge on any atom is 0.264 e. The van der Waals surface area contributed by atoms with Gasteiger partial charge in [0.2, 0.25) is 11.8 Å². The van der Waals surface area contributed by atoms with Crippen molar-refractivity contribution in [3.63, 3.8) is 0 Å².